The number of carbonyl (C=O) groups is 1. The van der Waals surface area contributed by atoms with E-state index in [0.717, 1.165) is 29.6 Å². The molecular formula is C11H12O3. The molecule has 0 spiro atoms. The number of hydrogen-bond acceptors (Lipinski definition) is 3. The van der Waals surface area contributed by atoms with Crippen molar-refractivity contribution in [3.05, 3.63) is 22.8 Å². The molecule has 3 nitrogen and oxygen atoms in total. The molecule has 1 heterocycles. The second-order valence-corrected chi connectivity index (χ2v) is 3.33. The zero-order valence-corrected chi connectivity index (χ0v) is 8.29. The van der Waals surface area contributed by atoms with Gasteiger partial charge in [0, 0.05) is 12.0 Å². The summed E-state index contributed by atoms with van der Waals surface area (Å²) in [7, 11) is 1.58. The molecule has 1 aliphatic rings. The fourth-order valence-electron chi connectivity index (χ4n) is 1.82. The molecule has 0 aromatic heterocycles. The predicted octanol–water partition coefficient (Wildman–Crippen LogP) is 1.75. The molecule has 0 unspecified atom stereocenters. The van der Waals surface area contributed by atoms with E-state index in [-0.39, 0.29) is 0 Å². The number of fused-ring (bicyclic) bond motifs is 1. The van der Waals surface area contributed by atoms with E-state index < -0.39 is 0 Å². The summed E-state index contributed by atoms with van der Waals surface area (Å²) in [4.78, 5) is 10.9. The van der Waals surface area contributed by atoms with Crippen LogP contribution >= 0.6 is 0 Å². The summed E-state index contributed by atoms with van der Waals surface area (Å²) >= 11 is 0. The van der Waals surface area contributed by atoms with Gasteiger partial charge >= 0.3 is 0 Å². The molecule has 1 aromatic rings. The number of aldehydes is 1. The first-order chi connectivity index (χ1) is 6.77. The van der Waals surface area contributed by atoms with Gasteiger partial charge < -0.3 is 9.47 Å². The van der Waals surface area contributed by atoms with Gasteiger partial charge in [-0.1, -0.05) is 0 Å². The van der Waals surface area contributed by atoms with Crippen LogP contribution in [0.5, 0.6) is 11.5 Å². The summed E-state index contributed by atoms with van der Waals surface area (Å²) in [6.45, 7) is 2.56. The van der Waals surface area contributed by atoms with Crippen molar-refractivity contribution in [1.82, 2.24) is 0 Å². The van der Waals surface area contributed by atoms with Crippen LogP contribution in [0.4, 0.5) is 0 Å². The molecule has 0 atom stereocenters. The lowest BCUT2D eigenvalue weighted by Gasteiger charge is -2.10. The molecular weight excluding hydrogens is 180 g/mol. The number of carbonyl (C=O) groups excluding carboxylic acids is 1. The van der Waals surface area contributed by atoms with E-state index in [0.29, 0.717) is 17.9 Å². The van der Waals surface area contributed by atoms with Crippen molar-refractivity contribution >= 4 is 6.29 Å². The quantitative estimate of drug-likeness (QED) is 0.670. The lowest BCUT2D eigenvalue weighted by Crippen LogP contribution is -1.97. The van der Waals surface area contributed by atoms with Gasteiger partial charge in [-0.25, -0.2) is 0 Å². The molecule has 3 heteroatoms. The van der Waals surface area contributed by atoms with Crippen LogP contribution in [0.1, 0.15) is 21.5 Å². The summed E-state index contributed by atoms with van der Waals surface area (Å²) in [6, 6.07) is 1.90. The van der Waals surface area contributed by atoms with Crippen molar-refractivity contribution in [1.29, 1.82) is 0 Å². The normalized spacial score (nSPS) is 13.3. The maximum atomic E-state index is 10.9. The first-order valence-electron chi connectivity index (χ1n) is 4.56. The maximum absolute atomic E-state index is 10.9. The Balaban J connectivity index is 2.68. The Bertz CT molecular complexity index is 383. The minimum absolute atomic E-state index is 0.636. The largest absolute Gasteiger partial charge is 0.496 e. The molecule has 0 fully saturated rings. The summed E-state index contributed by atoms with van der Waals surface area (Å²) in [5.41, 5.74) is 2.55. The Morgan fingerprint density at radius 2 is 2.36 bits per heavy atom. The Hall–Kier alpha value is -1.51. The summed E-state index contributed by atoms with van der Waals surface area (Å²) < 4.78 is 10.7. The molecule has 0 saturated carbocycles. The molecule has 1 aromatic carbocycles. The summed E-state index contributed by atoms with van der Waals surface area (Å²) in [6.07, 6.45) is 1.66. The topological polar surface area (TPSA) is 35.5 Å². The number of hydrogen-bond donors (Lipinski definition) is 0. The molecule has 1 aliphatic heterocycles. The molecule has 2 rings (SSSR count). The van der Waals surface area contributed by atoms with Gasteiger partial charge in [-0.2, -0.15) is 0 Å². The van der Waals surface area contributed by atoms with Crippen molar-refractivity contribution in [2.75, 3.05) is 13.7 Å². The van der Waals surface area contributed by atoms with E-state index in [1.807, 2.05) is 13.0 Å². The Morgan fingerprint density at radius 3 is 3.00 bits per heavy atom. The Morgan fingerprint density at radius 1 is 1.57 bits per heavy atom. The average Bonchev–Trinajstić information content (AvgIpc) is 2.62. The first-order valence-corrected chi connectivity index (χ1v) is 4.56. The highest BCUT2D eigenvalue weighted by atomic mass is 16.5. The zero-order valence-electron chi connectivity index (χ0n) is 8.29. The van der Waals surface area contributed by atoms with Gasteiger partial charge in [-0.15, -0.1) is 0 Å². The second-order valence-electron chi connectivity index (χ2n) is 3.33. The third-order valence-corrected chi connectivity index (χ3v) is 2.52. The fourth-order valence-corrected chi connectivity index (χ4v) is 1.82. The van der Waals surface area contributed by atoms with Crippen LogP contribution in [-0.4, -0.2) is 20.0 Å². The van der Waals surface area contributed by atoms with Gasteiger partial charge in [0.15, 0.2) is 6.29 Å². The van der Waals surface area contributed by atoms with Crippen LogP contribution in [0.25, 0.3) is 0 Å². The maximum Gasteiger partial charge on any atom is 0.154 e. The molecule has 0 N–H and O–H groups in total. The van der Waals surface area contributed by atoms with E-state index in [2.05, 4.69) is 0 Å². The summed E-state index contributed by atoms with van der Waals surface area (Å²) in [5.74, 6) is 1.53. The lowest BCUT2D eigenvalue weighted by molar-refractivity contribution is 0.112. The van der Waals surface area contributed by atoms with Crippen LogP contribution < -0.4 is 9.47 Å². The minimum Gasteiger partial charge on any atom is -0.496 e. The third kappa shape index (κ3) is 1.16. The summed E-state index contributed by atoms with van der Waals surface area (Å²) in [5, 5.41) is 0. The van der Waals surface area contributed by atoms with Gasteiger partial charge in [0.1, 0.15) is 11.5 Å². The van der Waals surface area contributed by atoms with Gasteiger partial charge in [0.2, 0.25) is 0 Å². The highest BCUT2D eigenvalue weighted by Crippen LogP contribution is 2.37. The molecule has 0 amide bonds. The molecule has 74 valence electrons. The predicted molar refractivity (Wildman–Crippen MR) is 52.3 cm³/mol. The molecule has 0 radical (unpaired) electrons. The van der Waals surface area contributed by atoms with E-state index in [1.54, 1.807) is 7.11 Å². The SMILES string of the molecule is COc1c(C=O)c(C)cc2c1CCO2. The highest BCUT2D eigenvalue weighted by Gasteiger charge is 2.21. The average molecular weight is 192 g/mol. The van der Waals surface area contributed by atoms with E-state index in [9.17, 15) is 4.79 Å². The molecule has 0 aliphatic carbocycles. The number of aryl methyl sites for hydroxylation is 1. The van der Waals surface area contributed by atoms with Crippen LogP contribution in [0.2, 0.25) is 0 Å². The minimum atomic E-state index is 0.636. The van der Waals surface area contributed by atoms with E-state index >= 15 is 0 Å². The van der Waals surface area contributed by atoms with E-state index in [4.69, 9.17) is 9.47 Å². The fraction of sp³-hybridized carbons (Fsp3) is 0.364. The number of benzene rings is 1. The molecule has 0 bridgehead atoms. The molecule has 14 heavy (non-hydrogen) atoms. The number of ether oxygens (including phenoxy) is 2. The standard InChI is InChI=1S/C11H12O3/c1-7-5-10-8(3-4-14-10)11(13-2)9(7)6-12/h5-6H,3-4H2,1-2H3. The van der Waals surface area contributed by atoms with Crippen molar-refractivity contribution in [3.8, 4) is 11.5 Å². The van der Waals surface area contributed by atoms with Gasteiger partial charge in [0.05, 0.1) is 19.3 Å². The van der Waals surface area contributed by atoms with Crippen molar-refractivity contribution in [2.45, 2.75) is 13.3 Å². The first kappa shape index (κ1) is 9.06. The van der Waals surface area contributed by atoms with Crippen LogP contribution in [0.15, 0.2) is 6.07 Å². The second kappa shape index (κ2) is 3.33. The van der Waals surface area contributed by atoms with Crippen molar-refractivity contribution < 1.29 is 14.3 Å². The van der Waals surface area contributed by atoms with Crippen molar-refractivity contribution in [3.63, 3.8) is 0 Å². The zero-order chi connectivity index (χ0) is 10.1. The number of rotatable bonds is 2. The van der Waals surface area contributed by atoms with Gasteiger partial charge in [-0.05, 0) is 18.6 Å². The van der Waals surface area contributed by atoms with Gasteiger partial charge in [0.25, 0.3) is 0 Å². The van der Waals surface area contributed by atoms with Crippen LogP contribution in [0.3, 0.4) is 0 Å². The third-order valence-electron chi connectivity index (χ3n) is 2.52. The monoisotopic (exact) mass is 192 g/mol. The lowest BCUT2D eigenvalue weighted by atomic mass is 10.0. The van der Waals surface area contributed by atoms with E-state index in [1.165, 1.54) is 0 Å². The number of methoxy groups -OCH3 is 1. The molecule has 0 saturated heterocycles. The Kier molecular flexibility index (Phi) is 2.15. The Labute approximate surface area is 82.6 Å². The van der Waals surface area contributed by atoms with Gasteiger partial charge in [-0.3, -0.25) is 4.79 Å². The van der Waals surface area contributed by atoms with Crippen molar-refractivity contribution in [2.24, 2.45) is 0 Å². The van der Waals surface area contributed by atoms with Crippen LogP contribution in [0, 0.1) is 6.92 Å². The van der Waals surface area contributed by atoms with Crippen LogP contribution in [-0.2, 0) is 6.42 Å². The highest BCUT2D eigenvalue weighted by molar-refractivity contribution is 5.83. The smallest absolute Gasteiger partial charge is 0.154 e.